The van der Waals surface area contributed by atoms with Gasteiger partial charge in [0.15, 0.2) is 0 Å². The average molecular weight is 417 g/mol. The normalized spacial score (nSPS) is 20.9. The number of aromatic nitrogens is 3. The zero-order valence-electron chi connectivity index (χ0n) is 17.2. The number of aryl methyl sites for hydroxylation is 1. The van der Waals surface area contributed by atoms with E-state index < -0.39 is 5.60 Å². The summed E-state index contributed by atoms with van der Waals surface area (Å²) in [5.41, 5.74) is -0.121. The molecule has 4 rings (SSSR count). The van der Waals surface area contributed by atoms with E-state index in [0.717, 1.165) is 30.9 Å². The van der Waals surface area contributed by atoms with Crippen LogP contribution in [0, 0.1) is 5.82 Å². The van der Waals surface area contributed by atoms with Crippen molar-refractivity contribution in [2.75, 3.05) is 20.2 Å². The highest BCUT2D eigenvalue weighted by molar-refractivity contribution is 5.85. The second-order valence-corrected chi connectivity index (χ2v) is 8.08. The third-order valence-electron chi connectivity index (χ3n) is 6.21. The minimum absolute atomic E-state index is 0.0222. The predicted octanol–water partition coefficient (Wildman–Crippen LogP) is 0.822. The number of piperidine rings is 1. The Morgan fingerprint density at radius 1 is 1.30 bits per heavy atom. The Balaban J connectivity index is 1.41. The number of hydrogen-bond acceptors (Lipinski definition) is 5. The second-order valence-electron chi connectivity index (χ2n) is 8.08. The number of nitrogens with zero attached hydrogens (tertiary/aromatic N) is 3. The number of fused-ring (bicyclic) bond motifs is 1. The van der Waals surface area contributed by atoms with Crippen LogP contribution >= 0.6 is 0 Å². The fourth-order valence-corrected chi connectivity index (χ4v) is 4.31. The molecule has 0 radical (unpaired) electrons. The maximum atomic E-state index is 13.1. The van der Waals surface area contributed by atoms with Crippen LogP contribution in [0.2, 0.25) is 0 Å². The highest BCUT2D eigenvalue weighted by Gasteiger charge is 2.40. The van der Waals surface area contributed by atoms with Gasteiger partial charge in [0, 0.05) is 26.1 Å². The number of benzene rings is 1. The molecule has 1 saturated heterocycles. The Morgan fingerprint density at radius 2 is 2.03 bits per heavy atom. The molecule has 0 spiro atoms. The first-order chi connectivity index (χ1) is 14.5. The molecule has 0 bridgehead atoms. The molecule has 1 aromatic heterocycles. The summed E-state index contributed by atoms with van der Waals surface area (Å²) in [7, 11) is 1.59. The fourth-order valence-electron chi connectivity index (χ4n) is 4.31. The summed E-state index contributed by atoms with van der Waals surface area (Å²) in [6, 6.07) is 6.05. The van der Waals surface area contributed by atoms with Gasteiger partial charge in [-0.1, -0.05) is 12.1 Å². The van der Waals surface area contributed by atoms with Gasteiger partial charge < -0.3 is 15.4 Å². The van der Waals surface area contributed by atoms with Crippen molar-refractivity contribution in [3.05, 3.63) is 52.0 Å². The molecule has 2 aromatic rings. The Kier molecular flexibility index (Phi) is 6.01. The molecule has 3 heterocycles. The smallest absolute Gasteiger partial charge is 0.346 e. The first-order valence-electron chi connectivity index (χ1n) is 10.5. The molecule has 162 valence electrons. The summed E-state index contributed by atoms with van der Waals surface area (Å²) in [4.78, 5) is 25.7. The number of hydrogen-bond donors (Lipinski definition) is 2. The Bertz CT molecular complexity index is 947. The van der Waals surface area contributed by atoms with Crippen LogP contribution in [0.4, 0.5) is 4.39 Å². The van der Waals surface area contributed by atoms with Crippen LogP contribution in [-0.2, 0) is 29.0 Å². The number of nitrogens with one attached hydrogen (secondary N) is 2. The predicted molar refractivity (Wildman–Crippen MR) is 109 cm³/mol. The lowest BCUT2D eigenvalue weighted by Crippen LogP contribution is -2.56. The Labute approximate surface area is 174 Å². The molecule has 0 aliphatic carbocycles. The first-order valence-corrected chi connectivity index (χ1v) is 10.5. The summed E-state index contributed by atoms with van der Waals surface area (Å²) in [5.74, 6) is 0.353. The number of amides is 1. The fraction of sp³-hybridized carbons (Fsp3) is 0.571. The summed E-state index contributed by atoms with van der Waals surface area (Å²) in [5, 5.41) is 10.9. The Morgan fingerprint density at radius 3 is 2.73 bits per heavy atom. The molecule has 1 unspecified atom stereocenters. The minimum atomic E-state index is -0.771. The number of carbonyl (C=O) groups excluding carboxylic acids is 1. The van der Waals surface area contributed by atoms with Crippen LogP contribution in [0.5, 0.6) is 0 Å². The lowest BCUT2D eigenvalue weighted by atomic mass is 9.90. The molecule has 2 aliphatic heterocycles. The standard InChI is InChI=1S/C21H28FN5O3/c1-30-21(9-11-23-12-10-21)19(28)24-17-6-7-18-25-27(20(29)26(18)13-8-17)14-15-2-4-16(22)5-3-15/h2-5,17,23H,6-14H2,1H3,(H,24,28). The zero-order valence-corrected chi connectivity index (χ0v) is 17.2. The van der Waals surface area contributed by atoms with Crippen molar-refractivity contribution in [1.29, 1.82) is 0 Å². The summed E-state index contributed by atoms with van der Waals surface area (Å²) in [6.07, 6.45) is 3.29. The van der Waals surface area contributed by atoms with Gasteiger partial charge in [-0.2, -0.15) is 5.10 Å². The molecule has 1 fully saturated rings. The van der Waals surface area contributed by atoms with Gasteiger partial charge in [0.25, 0.3) is 5.91 Å². The SMILES string of the molecule is COC1(C(=O)NC2CCc3nn(Cc4ccc(F)cc4)c(=O)n3CC2)CCNCC1. The van der Waals surface area contributed by atoms with Gasteiger partial charge in [-0.15, -0.1) is 0 Å². The Hall–Kier alpha value is -2.52. The zero-order chi connectivity index (χ0) is 21.1. The van der Waals surface area contributed by atoms with Crippen LogP contribution in [0.3, 0.4) is 0 Å². The van der Waals surface area contributed by atoms with Gasteiger partial charge in [-0.3, -0.25) is 9.36 Å². The molecule has 1 aromatic carbocycles. The summed E-state index contributed by atoms with van der Waals surface area (Å²) in [6.45, 7) is 2.33. The maximum Gasteiger partial charge on any atom is 0.346 e. The lowest BCUT2D eigenvalue weighted by Gasteiger charge is -2.36. The largest absolute Gasteiger partial charge is 0.368 e. The van der Waals surface area contributed by atoms with Crippen LogP contribution in [0.25, 0.3) is 0 Å². The highest BCUT2D eigenvalue weighted by Crippen LogP contribution is 2.24. The highest BCUT2D eigenvalue weighted by atomic mass is 19.1. The van der Waals surface area contributed by atoms with Gasteiger partial charge in [0.1, 0.15) is 17.2 Å². The van der Waals surface area contributed by atoms with Gasteiger partial charge in [-0.25, -0.2) is 13.9 Å². The summed E-state index contributed by atoms with van der Waals surface area (Å²) < 4.78 is 21.8. The van der Waals surface area contributed by atoms with E-state index in [4.69, 9.17) is 4.74 Å². The van der Waals surface area contributed by atoms with Crippen molar-refractivity contribution in [3.63, 3.8) is 0 Å². The van der Waals surface area contributed by atoms with Crippen molar-refractivity contribution in [2.45, 2.75) is 56.8 Å². The van der Waals surface area contributed by atoms with Gasteiger partial charge in [-0.05, 0) is 56.5 Å². The van der Waals surface area contributed by atoms with Gasteiger partial charge in [0.05, 0.1) is 6.54 Å². The van der Waals surface area contributed by atoms with E-state index in [0.29, 0.717) is 38.8 Å². The van der Waals surface area contributed by atoms with E-state index in [1.165, 1.54) is 16.8 Å². The lowest BCUT2D eigenvalue weighted by molar-refractivity contribution is -0.147. The number of ether oxygens (including phenoxy) is 1. The molecular weight excluding hydrogens is 389 g/mol. The number of rotatable bonds is 5. The van der Waals surface area contributed by atoms with Crippen LogP contribution in [0.1, 0.15) is 37.1 Å². The van der Waals surface area contributed by atoms with Crippen molar-refractivity contribution in [2.24, 2.45) is 0 Å². The second kappa shape index (κ2) is 8.69. The third kappa shape index (κ3) is 4.17. The topological polar surface area (TPSA) is 90.2 Å². The van der Waals surface area contributed by atoms with Crippen LogP contribution in [0.15, 0.2) is 29.1 Å². The number of methoxy groups -OCH3 is 1. The quantitative estimate of drug-likeness (QED) is 0.752. The molecule has 1 atom stereocenters. The molecular formula is C21H28FN5O3. The monoisotopic (exact) mass is 417 g/mol. The van der Waals surface area contributed by atoms with E-state index in [1.807, 2.05) is 0 Å². The van der Waals surface area contributed by atoms with E-state index in [1.54, 1.807) is 23.8 Å². The molecule has 2 N–H and O–H groups in total. The van der Waals surface area contributed by atoms with Crippen molar-refractivity contribution in [3.8, 4) is 0 Å². The van der Waals surface area contributed by atoms with E-state index in [9.17, 15) is 14.0 Å². The van der Waals surface area contributed by atoms with E-state index in [-0.39, 0.29) is 23.5 Å². The van der Waals surface area contributed by atoms with Crippen molar-refractivity contribution >= 4 is 5.91 Å². The molecule has 1 amide bonds. The van der Waals surface area contributed by atoms with Crippen LogP contribution in [-0.4, -0.2) is 52.1 Å². The van der Waals surface area contributed by atoms with E-state index >= 15 is 0 Å². The molecule has 8 nitrogen and oxygen atoms in total. The van der Waals surface area contributed by atoms with Crippen molar-refractivity contribution < 1.29 is 13.9 Å². The number of carbonyl (C=O) groups is 1. The van der Waals surface area contributed by atoms with Gasteiger partial charge >= 0.3 is 5.69 Å². The third-order valence-corrected chi connectivity index (χ3v) is 6.21. The maximum absolute atomic E-state index is 13.1. The first kappa shape index (κ1) is 20.7. The minimum Gasteiger partial charge on any atom is -0.368 e. The van der Waals surface area contributed by atoms with E-state index in [2.05, 4.69) is 15.7 Å². The number of halogens is 1. The molecule has 2 aliphatic rings. The molecule has 9 heteroatoms. The van der Waals surface area contributed by atoms with Crippen molar-refractivity contribution in [1.82, 2.24) is 25.0 Å². The van der Waals surface area contributed by atoms with Crippen LogP contribution < -0.4 is 16.3 Å². The van der Waals surface area contributed by atoms with Gasteiger partial charge in [0.2, 0.25) is 0 Å². The summed E-state index contributed by atoms with van der Waals surface area (Å²) >= 11 is 0. The molecule has 30 heavy (non-hydrogen) atoms. The molecule has 0 saturated carbocycles. The average Bonchev–Trinajstić information content (AvgIpc) is 2.92.